The molecule has 23 heavy (non-hydrogen) atoms. The van der Waals surface area contributed by atoms with Crippen LogP contribution in [0.3, 0.4) is 0 Å². The molecule has 0 spiro atoms. The molecule has 0 saturated heterocycles. The van der Waals surface area contributed by atoms with Crippen LogP contribution in [0.15, 0.2) is 34.2 Å². The molecule has 0 amide bonds. The second kappa shape index (κ2) is 6.70. The lowest BCUT2D eigenvalue weighted by atomic mass is 10.0. The van der Waals surface area contributed by atoms with E-state index in [2.05, 4.69) is 21.8 Å². The summed E-state index contributed by atoms with van der Waals surface area (Å²) in [5.41, 5.74) is 0.211. The van der Waals surface area contributed by atoms with E-state index in [1.54, 1.807) is 44.4 Å². The third-order valence-electron chi connectivity index (χ3n) is 2.87. The topological polar surface area (TPSA) is 89.8 Å². The minimum Gasteiger partial charge on any atom is -0.378 e. The zero-order chi connectivity index (χ0) is 17.0. The van der Waals surface area contributed by atoms with E-state index in [-0.39, 0.29) is 5.56 Å². The fourth-order valence-electron chi connectivity index (χ4n) is 1.80. The minimum atomic E-state index is -1.06. The molecule has 0 atom stereocenters. The molecule has 5 nitrogen and oxygen atoms in total. The molecule has 0 aliphatic carbocycles. The zero-order valence-electron chi connectivity index (χ0n) is 13.0. The van der Waals surface area contributed by atoms with E-state index in [0.29, 0.717) is 16.4 Å². The molecule has 0 radical (unpaired) electrons. The van der Waals surface area contributed by atoms with Crippen LogP contribution in [0.5, 0.6) is 0 Å². The Labute approximate surface area is 138 Å². The number of aromatic nitrogens is 2. The normalized spacial score (nSPS) is 10.6. The first-order valence-corrected chi connectivity index (χ1v) is 8.01. The maximum Gasteiger partial charge on any atom is 0.270 e. The molecule has 2 N–H and O–H groups in total. The van der Waals surface area contributed by atoms with Crippen LogP contribution in [-0.4, -0.2) is 26.9 Å². The van der Waals surface area contributed by atoms with Gasteiger partial charge < -0.3 is 10.1 Å². The molecule has 0 fully saturated rings. The molecule has 0 saturated carbocycles. The van der Waals surface area contributed by atoms with Crippen LogP contribution >= 0.6 is 11.8 Å². The first-order valence-electron chi connectivity index (χ1n) is 6.78. The number of nitrogens with zero attached hydrogens (tertiary/aromatic N) is 2. The second-order valence-electron chi connectivity index (χ2n) is 5.30. The third kappa shape index (κ3) is 4.23. The second-order valence-corrected chi connectivity index (χ2v) is 6.09. The van der Waals surface area contributed by atoms with E-state index >= 15 is 0 Å². The van der Waals surface area contributed by atoms with Gasteiger partial charge in [-0.15, -0.1) is 0 Å². The van der Waals surface area contributed by atoms with Gasteiger partial charge >= 0.3 is 0 Å². The maximum absolute atomic E-state index is 11.9. The fraction of sp³-hybridized carbons (Fsp3) is 0.235. The standard InChI is InChI=1S/C17H15N3O2S/c1-17(2,22)9-8-11-4-6-12(7-5-11)14-13(10-18)15(21)20-16(19-14)23-3/h4-7,22H,1-3H3,(H,19,20,21). The van der Waals surface area contributed by atoms with Gasteiger partial charge in [-0.3, -0.25) is 4.79 Å². The predicted molar refractivity (Wildman–Crippen MR) is 90.0 cm³/mol. The van der Waals surface area contributed by atoms with Gasteiger partial charge in [-0.05, 0) is 32.2 Å². The Kier molecular flexibility index (Phi) is 4.90. The van der Waals surface area contributed by atoms with Crippen molar-refractivity contribution in [2.75, 3.05) is 6.26 Å². The molecule has 0 aliphatic rings. The van der Waals surface area contributed by atoms with Crippen molar-refractivity contribution in [3.05, 3.63) is 45.7 Å². The summed E-state index contributed by atoms with van der Waals surface area (Å²) in [5, 5.41) is 19.2. The van der Waals surface area contributed by atoms with Gasteiger partial charge in [-0.1, -0.05) is 35.7 Å². The molecule has 116 valence electrons. The van der Waals surface area contributed by atoms with E-state index < -0.39 is 11.2 Å². The summed E-state index contributed by atoms with van der Waals surface area (Å²) >= 11 is 1.30. The summed E-state index contributed by atoms with van der Waals surface area (Å²) in [6.07, 6.45) is 1.80. The molecule has 2 aromatic rings. The molecular formula is C17H15N3O2S. The van der Waals surface area contributed by atoms with Crippen LogP contribution in [0.1, 0.15) is 25.0 Å². The number of nitrogens with one attached hydrogen (secondary N) is 1. The highest BCUT2D eigenvalue weighted by molar-refractivity contribution is 7.98. The van der Waals surface area contributed by atoms with E-state index in [1.807, 2.05) is 6.07 Å². The quantitative estimate of drug-likeness (QED) is 0.502. The van der Waals surface area contributed by atoms with Gasteiger partial charge in [0.2, 0.25) is 0 Å². The van der Waals surface area contributed by atoms with Crippen molar-refractivity contribution in [3.63, 3.8) is 0 Å². The molecule has 2 rings (SSSR count). The maximum atomic E-state index is 11.9. The van der Waals surface area contributed by atoms with Crippen LogP contribution in [0.25, 0.3) is 11.3 Å². The summed E-state index contributed by atoms with van der Waals surface area (Å²) < 4.78 is 0. The number of nitriles is 1. The number of rotatable bonds is 2. The largest absolute Gasteiger partial charge is 0.378 e. The minimum absolute atomic E-state index is 0.0156. The summed E-state index contributed by atoms with van der Waals surface area (Å²) in [7, 11) is 0. The van der Waals surface area contributed by atoms with Crippen molar-refractivity contribution in [2.24, 2.45) is 0 Å². The van der Waals surface area contributed by atoms with Gasteiger partial charge in [0.05, 0.1) is 5.69 Å². The Hall–Kier alpha value is -2.54. The Morgan fingerprint density at radius 2 is 1.96 bits per heavy atom. The number of hydrogen-bond donors (Lipinski definition) is 2. The smallest absolute Gasteiger partial charge is 0.270 e. The molecule has 0 unspecified atom stereocenters. The number of aromatic amines is 1. The highest BCUT2D eigenvalue weighted by atomic mass is 32.2. The van der Waals surface area contributed by atoms with Gasteiger partial charge in [0.25, 0.3) is 5.56 Å². The molecule has 0 bridgehead atoms. The number of aliphatic hydroxyl groups is 1. The monoisotopic (exact) mass is 325 g/mol. The lowest BCUT2D eigenvalue weighted by molar-refractivity contribution is 0.143. The average Bonchev–Trinajstić information content (AvgIpc) is 2.52. The Morgan fingerprint density at radius 3 is 2.48 bits per heavy atom. The summed E-state index contributed by atoms with van der Waals surface area (Å²) in [4.78, 5) is 18.8. The first kappa shape index (κ1) is 16.8. The van der Waals surface area contributed by atoms with E-state index in [1.165, 1.54) is 11.8 Å². The SMILES string of the molecule is CSc1nc(-c2ccc(C#CC(C)(C)O)cc2)c(C#N)c(=O)[nH]1. The van der Waals surface area contributed by atoms with Gasteiger partial charge in [-0.25, -0.2) is 4.98 Å². The van der Waals surface area contributed by atoms with Crippen molar-refractivity contribution in [3.8, 4) is 29.2 Å². The summed E-state index contributed by atoms with van der Waals surface area (Å²) in [6.45, 7) is 3.22. The molecule has 1 aromatic carbocycles. The molecular weight excluding hydrogens is 310 g/mol. The van der Waals surface area contributed by atoms with Gasteiger partial charge in [0, 0.05) is 11.1 Å². The highest BCUT2D eigenvalue weighted by Crippen LogP contribution is 2.21. The first-order chi connectivity index (χ1) is 10.8. The summed E-state index contributed by atoms with van der Waals surface area (Å²) in [5.74, 6) is 5.59. The fourth-order valence-corrected chi connectivity index (χ4v) is 2.18. The Bertz CT molecular complexity index is 876. The average molecular weight is 325 g/mol. The van der Waals surface area contributed by atoms with Gasteiger partial charge in [-0.2, -0.15) is 5.26 Å². The van der Waals surface area contributed by atoms with Crippen molar-refractivity contribution in [1.29, 1.82) is 5.26 Å². The number of benzene rings is 1. The number of H-pyrrole nitrogens is 1. The lowest BCUT2D eigenvalue weighted by Gasteiger charge is -2.07. The summed E-state index contributed by atoms with van der Waals surface area (Å²) in [6, 6.07) is 8.92. The van der Waals surface area contributed by atoms with E-state index in [9.17, 15) is 15.2 Å². The zero-order valence-corrected chi connectivity index (χ0v) is 13.8. The molecule has 6 heteroatoms. The highest BCUT2D eigenvalue weighted by Gasteiger charge is 2.13. The van der Waals surface area contributed by atoms with Crippen molar-refractivity contribution in [1.82, 2.24) is 9.97 Å². The predicted octanol–water partition coefficient (Wildman–Crippen LogP) is 2.15. The van der Waals surface area contributed by atoms with Crippen LogP contribution in [0, 0.1) is 23.2 Å². The molecule has 0 aliphatic heterocycles. The number of thioether (sulfide) groups is 1. The van der Waals surface area contributed by atoms with Crippen molar-refractivity contribution in [2.45, 2.75) is 24.6 Å². The van der Waals surface area contributed by atoms with Crippen molar-refractivity contribution < 1.29 is 5.11 Å². The number of hydrogen-bond acceptors (Lipinski definition) is 5. The van der Waals surface area contributed by atoms with Crippen LogP contribution in [0.2, 0.25) is 0 Å². The third-order valence-corrected chi connectivity index (χ3v) is 3.45. The Morgan fingerprint density at radius 1 is 1.30 bits per heavy atom. The van der Waals surface area contributed by atoms with Crippen LogP contribution in [0.4, 0.5) is 0 Å². The van der Waals surface area contributed by atoms with Gasteiger partial charge in [0.1, 0.15) is 17.2 Å². The van der Waals surface area contributed by atoms with Crippen molar-refractivity contribution >= 4 is 11.8 Å². The van der Waals surface area contributed by atoms with Gasteiger partial charge in [0.15, 0.2) is 5.16 Å². The van der Waals surface area contributed by atoms with Crippen LogP contribution < -0.4 is 5.56 Å². The van der Waals surface area contributed by atoms with E-state index in [4.69, 9.17) is 0 Å². The Balaban J connectivity index is 2.48. The van der Waals surface area contributed by atoms with E-state index in [0.717, 1.165) is 5.56 Å². The molecule has 1 aromatic heterocycles. The lowest BCUT2D eigenvalue weighted by Crippen LogP contribution is -2.14. The van der Waals surface area contributed by atoms with Crippen LogP contribution in [-0.2, 0) is 0 Å². The molecule has 1 heterocycles.